The van der Waals surface area contributed by atoms with E-state index >= 15 is 0 Å². The molecule has 1 aromatic rings. The maximum Gasteiger partial charge on any atom is 0.220 e. The van der Waals surface area contributed by atoms with Crippen molar-refractivity contribution in [2.24, 2.45) is 0 Å². The third kappa shape index (κ3) is 4.30. The first-order chi connectivity index (χ1) is 11.1. The Kier molecular flexibility index (Phi) is 5.32. The average Bonchev–Trinajstić information content (AvgIpc) is 2.94. The summed E-state index contributed by atoms with van der Waals surface area (Å²) in [6.07, 6.45) is 4.45. The first-order valence-corrected chi connectivity index (χ1v) is 9.79. The molecule has 3 nitrogen and oxygen atoms in total. The Morgan fingerprint density at radius 1 is 1.43 bits per heavy atom. The number of carbonyl (C=O) groups is 1. The fourth-order valence-corrected chi connectivity index (χ4v) is 5.07. The van der Waals surface area contributed by atoms with Gasteiger partial charge >= 0.3 is 0 Å². The summed E-state index contributed by atoms with van der Waals surface area (Å²) in [5.74, 6) is 2.45. The molecule has 0 saturated carbocycles. The lowest BCUT2D eigenvalue weighted by Gasteiger charge is -2.38. The number of nitrogens with one attached hydrogen (secondary N) is 1. The van der Waals surface area contributed by atoms with Crippen LogP contribution in [0.1, 0.15) is 42.4 Å². The standard InChI is InChI=1S/C19H27NO2S/c1-14-3-4-16(15(2)11-14)5-6-18(21)20-17-7-9-22-19(12-17)8-10-23-13-19/h3-4,11,17H,5-10,12-13H2,1-2H3,(H,20,21)/t17-,19-/m0/s1. The van der Waals surface area contributed by atoms with Crippen LogP contribution in [0.4, 0.5) is 0 Å². The number of ether oxygens (including phenoxy) is 1. The van der Waals surface area contributed by atoms with Crippen molar-refractivity contribution < 1.29 is 9.53 Å². The molecule has 23 heavy (non-hydrogen) atoms. The largest absolute Gasteiger partial charge is 0.374 e. The topological polar surface area (TPSA) is 38.3 Å². The van der Waals surface area contributed by atoms with E-state index in [4.69, 9.17) is 4.74 Å². The SMILES string of the molecule is Cc1ccc(CCC(=O)N[C@H]2CCO[C@@]3(CCSC3)C2)c(C)c1. The fourth-order valence-electron chi connectivity index (χ4n) is 3.69. The van der Waals surface area contributed by atoms with Gasteiger partial charge in [-0.1, -0.05) is 23.8 Å². The number of benzene rings is 1. The molecular weight excluding hydrogens is 306 g/mol. The van der Waals surface area contributed by atoms with Gasteiger partial charge in [-0.2, -0.15) is 11.8 Å². The highest BCUT2D eigenvalue weighted by molar-refractivity contribution is 7.99. The van der Waals surface area contributed by atoms with Crippen LogP contribution in [0.2, 0.25) is 0 Å². The van der Waals surface area contributed by atoms with E-state index in [1.54, 1.807) is 0 Å². The summed E-state index contributed by atoms with van der Waals surface area (Å²) in [5.41, 5.74) is 3.87. The van der Waals surface area contributed by atoms with Crippen LogP contribution in [-0.4, -0.2) is 35.7 Å². The van der Waals surface area contributed by atoms with Crippen molar-refractivity contribution in [1.29, 1.82) is 0 Å². The van der Waals surface area contributed by atoms with Crippen LogP contribution in [0.3, 0.4) is 0 Å². The number of thioether (sulfide) groups is 1. The van der Waals surface area contributed by atoms with E-state index in [0.29, 0.717) is 6.42 Å². The van der Waals surface area contributed by atoms with Gasteiger partial charge in [-0.25, -0.2) is 0 Å². The minimum atomic E-state index is 0.0361. The highest BCUT2D eigenvalue weighted by atomic mass is 32.2. The van der Waals surface area contributed by atoms with Crippen LogP contribution in [0, 0.1) is 13.8 Å². The van der Waals surface area contributed by atoms with Crippen LogP contribution in [0.25, 0.3) is 0 Å². The van der Waals surface area contributed by atoms with E-state index in [9.17, 15) is 4.79 Å². The smallest absolute Gasteiger partial charge is 0.220 e. The molecule has 2 atom stereocenters. The number of hydrogen-bond acceptors (Lipinski definition) is 3. The zero-order valence-electron chi connectivity index (χ0n) is 14.2. The van der Waals surface area contributed by atoms with E-state index in [1.807, 2.05) is 11.8 Å². The van der Waals surface area contributed by atoms with E-state index in [2.05, 4.69) is 37.4 Å². The molecule has 4 heteroatoms. The highest BCUT2D eigenvalue weighted by Gasteiger charge is 2.40. The van der Waals surface area contributed by atoms with Crippen molar-refractivity contribution in [2.75, 3.05) is 18.1 Å². The number of rotatable bonds is 4. The van der Waals surface area contributed by atoms with Crippen LogP contribution >= 0.6 is 11.8 Å². The Morgan fingerprint density at radius 3 is 3.04 bits per heavy atom. The van der Waals surface area contributed by atoms with Gasteiger partial charge in [-0.3, -0.25) is 4.79 Å². The molecule has 0 aliphatic carbocycles. The molecular formula is C19H27NO2S. The first kappa shape index (κ1) is 16.8. The summed E-state index contributed by atoms with van der Waals surface area (Å²) >= 11 is 1.97. The second kappa shape index (κ2) is 7.27. The first-order valence-electron chi connectivity index (χ1n) is 8.64. The van der Waals surface area contributed by atoms with E-state index in [1.165, 1.54) is 22.4 Å². The monoisotopic (exact) mass is 333 g/mol. The van der Waals surface area contributed by atoms with Gasteiger partial charge < -0.3 is 10.1 Å². The van der Waals surface area contributed by atoms with Crippen molar-refractivity contribution in [3.05, 3.63) is 34.9 Å². The van der Waals surface area contributed by atoms with Crippen molar-refractivity contribution in [3.8, 4) is 0 Å². The van der Waals surface area contributed by atoms with Gasteiger partial charge in [0.2, 0.25) is 5.91 Å². The maximum absolute atomic E-state index is 12.3. The molecule has 1 amide bonds. The number of aryl methyl sites for hydroxylation is 3. The molecule has 2 heterocycles. The second-order valence-electron chi connectivity index (χ2n) is 7.02. The Bertz CT molecular complexity index is 566. The molecule has 0 radical (unpaired) electrons. The molecule has 2 saturated heterocycles. The predicted molar refractivity (Wildman–Crippen MR) is 96.0 cm³/mol. The van der Waals surface area contributed by atoms with Gasteiger partial charge in [-0.15, -0.1) is 0 Å². The summed E-state index contributed by atoms with van der Waals surface area (Å²) in [7, 11) is 0. The minimum absolute atomic E-state index is 0.0361. The minimum Gasteiger partial charge on any atom is -0.374 e. The van der Waals surface area contributed by atoms with Crippen molar-refractivity contribution in [2.45, 2.75) is 57.6 Å². The Labute approximate surface area is 143 Å². The van der Waals surface area contributed by atoms with E-state index in [-0.39, 0.29) is 17.6 Å². The molecule has 2 fully saturated rings. The molecule has 2 aliphatic rings. The molecule has 0 bridgehead atoms. The lowest BCUT2D eigenvalue weighted by molar-refractivity contribution is -0.124. The quantitative estimate of drug-likeness (QED) is 0.918. The van der Waals surface area contributed by atoms with Gasteiger partial charge in [0.05, 0.1) is 5.60 Å². The average molecular weight is 333 g/mol. The van der Waals surface area contributed by atoms with Gasteiger partial charge in [0.15, 0.2) is 0 Å². The Hall–Kier alpha value is -1.00. The number of carbonyl (C=O) groups excluding carboxylic acids is 1. The maximum atomic E-state index is 12.3. The summed E-state index contributed by atoms with van der Waals surface area (Å²) in [4.78, 5) is 12.3. The van der Waals surface area contributed by atoms with Crippen LogP contribution in [-0.2, 0) is 16.0 Å². The highest BCUT2D eigenvalue weighted by Crippen LogP contribution is 2.38. The van der Waals surface area contributed by atoms with Crippen molar-refractivity contribution in [3.63, 3.8) is 0 Å². The Balaban J connectivity index is 1.49. The summed E-state index contributed by atoms with van der Waals surface area (Å²) < 4.78 is 6.02. The molecule has 1 spiro atoms. The molecule has 2 aliphatic heterocycles. The molecule has 126 valence electrons. The molecule has 0 unspecified atom stereocenters. The lowest BCUT2D eigenvalue weighted by Crippen LogP contribution is -2.48. The van der Waals surface area contributed by atoms with Crippen molar-refractivity contribution >= 4 is 17.7 Å². The summed E-state index contributed by atoms with van der Waals surface area (Å²) in [6, 6.07) is 6.75. The van der Waals surface area contributed by atoms with Crippen LogP contribution < -0.4 is 5.32 Å². The van der Waals surface area contributed by atoms with Crippen molar-refractivity contribution in [1.82, 2.24) is 5.32 Å². The molecule has 0 aromatic heterocycles. The normalized spacial score (nSPS) is 27.3. The zero-order chi connectivity index (χ0) is 16.3. The van der Waals surface area contributed by atoms with Crippen LogP contribution in [0.15, 0.2) is 18.2 Å². The second-order valence-corrected chi connectivity index (χ2v) is 8.13. The predicted octanol–water partition coefficient (Wildman–Crippen LogP) is 3.41. The number of hydrogen-bond donors (Lipinski definition) is 1. The van der Waals surface area contributed by atoms with Gasteiger partial charge in [-0.05, 0) is 56.4 Å². The van der Waals surface area contributed by atoms with E-state index in [0.717, 1.165) is 38.0 Å². The van der Waals surface area contributed by atoms with Gasteiger partial charge in [0.1, 0.15) is 0 Å². The summed E-state index contributed by atoms with van der Waals surface area (Å²) in [6.45, 7) is 5.01. The lowest BCUT2D eigenvalue weighted by atomic mass is 9.89. The molecule has 1 N–H and O–H groups in total. The fraction of sp³-hybridized carbons (Fsp3) is 0.632. The van der Waals surface area contributed by atoms with Gasteiger partial charge in [0, 0.05) is 24.8 Å². The van der Waals surface area contributed by atoms with Gasteiger partial charge in [0.25, 0.3) is 0 Å². The number of amides is 1. The Morgan fingerprint density at radius 2 is 2.30 bits per heavy atom. The zero-order valence-corrected chi connectivity index (χ0v) is 15.0. The van der Waals surface area contributed by atoms with Crippen LogP contribution in [0.5, 0.6) is 0 Å². The third-order valence-corrected chi connectivity index (χ3v) is 6.27. The molecule has 1 aromatic carbocycles. The molecule has 3 rings (SSSR count). The third-order valence-electron chi connectivity index (χ3n) is 5.04. The van der Waals surface area contributed by atoms with E-state index < -0.39 is 0 Å². The summed E-state index contributed by atoms with van der Waals surface area (Å²) in [5, 5.41) is 3.24.